The quantitative estimate of drug-likeness (QED) is 0.481. The maximum absolute atomic E-state index is 11.5. The number of carbonyl (C=O) groups is 2. The number of ether oxygens (including phenoxy) is 2. The molecule has 0 amide bonds. The van der Waals surface area contributed by atoms with E-state index in [0.29, 0.717) is 18.0 Å². The second-order valence-corrected chi connectivity index (χ2v) is 7.29. The standard InChI is InChI=1S/C17H17N3O4S2/c1-9-19-20-16(26-9)17(8-25)13-7-15(24-11(3)22)14(23-10(2)21)6-12(13)4-5-18-17/h6-8,18H,4-5H2,1-3H3. The molecule has 0 saturated carbocycles. The van der Waals surface area contributed by atoms with Crippen LogP contribution in [0.5, 0.6) is 11.5 Å². The topological polar surface area (TPSA) is 90.4 Å². The van der Waals surface area contributed by atoms with E-state index in [4.69, 9.17) is 21.7 Å². The van der Waals surface area contributed by atoms with Crippen molar-refractivity contribution < 1.29 is 19.1 Å². The van der Waals surface area contributed by atoms with Gasteiger partial charge in [-0.3, -0.25) is 14.9 Å². The van der Waals surface area contributed by atoms with Crippen LogP contribution >= 0.6 is 23.6 Å². The van der Waals surface area contributed by atoms with Gasteiger partial charge in [0, 0.05) is 25.8 Å². The molecule has 26 heavy (non-hydrogen) atoms. The Balaban J connectivity index is 2.20. The van der Waals surface area contributed by atoms with Crippen LogP contribution in [0.4, 0.5) is 0 Å². The number of benzene rings is 1. The first-order valence-electron chi connectivity index (χ1n) is 7.92. The fourth-order valence-corrected chi connectivity index (χ4v) is 4.18. The fraction of sp³-hybridized carbons (Fsp3) is 0.353. The zero-order valence-electron chi connectivity index (χ0n) is 14.5. The Labute approximate surface area is 159 Å². The first-order chi connectivity index (χ1) is 12.4. The fourth-order valence-electron chi connectivity index (χ4n) is 2.94. The third kappa shape index (κ3) is 3.37. The number of carbonyl (C=O) groups excluding carboxylic acids is 2. The first-order valence-corrected chi connectivity index (χ1v) is 9.20. The molecule has 2 heterocycles. The summed E-state index contributed by atoms with van der Waals surface area (Å²) in [7, 11) is 0. The monoisotopic (exact) mass is 391 g/mol. The smallest absolute Gasteiger partial charge is 0.308 e. The van der Waals surface area contributed by atoms with Gasteiger partial charge in [0.15, 0.2) is 11.5 Å². The van der Waals surface area contributed by atoms with Crippen LogP contribution in [-0.2, 0) is 21.5 Å². The minimum absolute atomic E-state index is 0.164. The summed E-state index contributed by atoms with van der Waals surface area (Å²) in [6.45, 7) is 5.11. The Morgan fingerprint density at radius 1 is 1.23 bits per heavy atom. The lowest BCUT2D eigenvalue weighted by Crippen LogP contribution is -2.49. The van der Waals surface area contributed by atoms with Crippen LogP contribution in [0.3, 0.4) is 0 Å². The van der Waals surface area contributed by atoms with Crippen molar-refractivity contribution in [2.24, 2.45) is 0 Å². The van der Waals surface area contributed by atoms with Crippen molar-refractivity contribution in [1.82, 2.24) is 15.5 Å². The third-order valence-corrected chi connectivity index (χ3v) is 5.27. The molecule has 3 rings (SSSR count). The van der Waals surface area contributed by atoms with Crippen LogP contribution in [0.2, 0.25) is 0 Å². The van der Waals surface area contributed by atoms with Gasteiger partial charge in [0.2, 0.25) is 0 Å². The summed E-state index contributed by atoms with van der Waals surface area (Å²) < 4.78 is 10.5. The van der Waals surface area contributed by atoms with Crippen molar-refractivity contribution in [2.45, 2.75) is 32.7 Å². The predicted octanol–water partition coefficient (Wildman–Crippen LogP) is 2.09. The van der Waals surface area contributed by atoms with Gasteiger partial charge in [0.1, 0.15) is 15.6 Å². The van der Waals surface area contributed by atoms with E-state index in [1.807, 2.05) is 6.92 Å². The third-order valence-electron chi connectivity index (χ3n) is 3.94. The van der Waals surface area contributed by atoms with Crippen molar-refractivity contribution >= 4 is 40.9 Å². The predicted molar refractivity (Wildman–Crippen MR) is 99.8 cm³/mol. The van der Waals surface area contributed by atoms with Gasteiger partial charge in [-0.1, -0.05) is 23.6 Å². The van der Waals surface area contributed by atoms with Crippen molar-refractivity contribution in [3.8, 4) is 11.5 Å². The lowest BCUT2D eigenvalue weighted by Gasteiger charge is -2.35. The number of rotatable bonds is 4. The molecule has 1 unspecified atom stereocenters. The van der Waals surface area contributed by atoms with Crippen LogP contribution in [0.15, 0.2) is 12.1 Å². The van der Waals surface area contributed by atoms with Crippen LogP contribution in [0, 0.1) is 6.92 Å². The number of nitrogens with zero attached hydrogens (tertiary/aromatic N) is 2. The van der Waals surface area contributed by atoms with Gasteiger partial charge in [-0.2, -0.15) is 0 Å². The Hall–Kier alpha value is -2.23. The van der Waals surface area contributed by atoms with Crippen LogP contribution in [0.1, 0.15) is 35.0 Å². The summed E-state index contributed by atoms with van der Waals surface area (Å²) in [5.41, 5.74) is 0.922. The minimum atomic E-state index is -0.821. The number of esters is 2. The molecule has 1 aromatic heterocycles. The van der Waals surface area contributed by atoms with Gasteiger partial charge in [-0.15, -0.1) is 10.2 Å². The van der Waals surface area contributed by atoms with Crippen molar-refractivity contribution in [1.29, 1.82) is 0 Å². The molecule has 0 aliphatic carbocycles. The van der Waals surface area contributed by atoms with Crippen molar-refractivity contribution in [3.63, 3.8) is 0 Å². The first kappa shape index (κ1) is 18.6. The van der Waals surface area contributed by atoms with Crippen LogP contribution in [-0.4, -0.2) is 34.0 Å². The second kappa shape index (κ2) is 7.18. The molecule has 1 N–H and O–H groups in total. The van der Waals surface area contributed by atoms with E-state index in [1.54, 1.807) is 17.5 Å². The Morgan fingerprint density at radius 3 is 2.42 bits per heavy atom. The molecule has 0 radical (unpaired) electrons. The molecule has 2 aromatic rings. The number of thiocarbonyl (C=S) groups is 1. The Bertz CT molecular complexity index is 896. The summed E-state index contributed by atoms with van der Waals surface area (Å²) in [5.74, 6) is -0.632. The highest BCUT2D eigenvalue weighted by atomic mass is 32.1. The Morgan fingerprint density at radius 2 is 1.88 bits per heavy atom. The van der Waals surface area contributed by atoms with Gasteiger partial charge < -0.3 is 9.47 Å². The zero-order valence-corrected chi connectivity index (χ0v) is 16.1. The minimum Gasteiger partial charge on any atom is -0.423 e. The molecule has 0 spiro atoms. The highest BCUT2D eigenvalue weighted by Gasteiger charge is 2.40. The average molecular weight is 391 g/mol. The van der Waals surface area contributed by atoms with E-state index >= 15 is 0 Å². The summed E-state index contributed by atoms with van der Waals surface area (Å²) in [6, 6.07) is 3.40. The van der Waals surface area contributed by atoms with Gasteiger partial charge >= 0.3 is 11.9 Å². The number of aryl methyl sites for hydroxylation is 1. The maximum atomic E-state index is 11.5. The molecule has 1 aliphatic heterocycles. The highest BCUT2D eigenvalue weighted by molar-refractivity contribution is 7.79. The lowest BCUT2D eigenvalue weighted by atomic mass is 9.83. The van der Waals surface area contributed by atoms with E-state index in [0.717, 1.165) is 16.1 Å². The molecular formula is C17H17N3O4S2. The van der Waals surface area contributed by atoms with Gasteiger partial charge in [0.05, 0.1) is 0 Å². The Kier molecular flexibility index (Phi) is 5.12. The van der Waals surface area contributed by atoms with Gasteiger partial charge in [0.25, 0.3) is 0 Å². The number of hydrogen-bond donors (Lipinski definition) is 1. The van der Waals surface area contributed by atoms with E-state index in [2.05, 4.69) is 15.5 Å². The lowest BCUT2D eigenvalue weighted by molar-refractivity contribution is -0.134. The molecule has 0 bridgehead atoms. The van der Waals surface area contributed by atoms with E-state index in [9.17, 15) is 9.59 Å². The molecule has 9 heteroatoms. The van der Waals surface area contributed by atoms with E-state index in [-0.39, 0.29) is 11.5 Å². The normalized spacial score (nSPS) is 18.7. The molecular weight excluding hydrogens is 374 g/mol. The molecule has 7 nitrogen and oxygen atoms in total. The summed E-state index contributed by atoms with van der Waals surface area (Å²) in [6.07, 6.45) is 0.701. The molecule has 136 valence electrons. The van der Waals surface area contributed by atoms with Crippen molar-refractivity contribution in [2.75, 3.05) is 6.54 Å². The van der Waals surface area contributed by atoms with Gasteiger partial charge in [-0.05, 0) is 36.6 Å². The molecule has 1 atom stereocenters. The molecule has 1 aliphatic rings. The zero-order chi connectivity index (χ0) is 18.9. The summed E-state index contributed by atoms with van der Waals surface area (Å²) in [5, 5.41) is 14.9. The van der Waals surface area contributed by atoms with Gasteiger partial charge in [-0.25, -0.2) is 0 Å². The maximum Gasteiger partial charge on any atom is 0.308 e. The largest absolute Gasteiger partial charge is 0.423 e. The van der Waals surface area contributed by atoms with E-state index in [1.165, 1.54) is 25.2 Å². The highest BCUT2D eigenvalue weighted by Crippen LogP contribution is 2.41. The average Bonchev–Trinajstić information content (AvgIpc) is 3.01. The number of hydrogen-bond acceptors (Lipinski definition) is 9. The summed E-state index contributed by atoms with van der Waals surface area (Å²) >= 11 is 6.78. The summed E-state index contributed by atoms with van der Waals surface area (Å²) in [4.78, 5) is 22.9. The number of fused-ring (bicyclic) bond motifs is 1. The number of aromatic nitrogens is 2. The van der Waals surface area contributed by atoms with E-state index < -0.39 is 17.5 Å². The van der Waals surface area contributed by atoms with Crippen LogP contribution in [0.25, 0.3) is 0 Å². The van der Waals surface area contributed by atoms with Crippen molar-refractivity contribution in [3.05, 3.63) is 33.3 Å². The number of nitrogens with one attached hydrogen (secondary N) is 1. The SMILES string of the molecule is CC(=O)Oc1cc2c(cc1OC(C)=O)C(C=S)(c1nnc(C)s1)NCC2. The second-order valence-electron chi connectivity index (χ2n) is 5.87. The molecule has 0 fully saturated rings. The van der Waals surface area contributed by atoms with Crippen LogP contribution < -0.4 is 14.8 Å². The molecule has 1 aromatic carbocycles. The molecule has 0 saturated heterocycles.